The average molecular weight is 254 g/mol. The van der Waals surface area contributed by atoms with Crippen LogP contribution in [0, 0.1) is 11.6 Å². The van der Waals surface area contributed by atoms with Crippen LogP contribution >= 0.6 is 0 Å². The van der Waals surface area contributed by atoms with Crippen molar-refractivity contribution in [1.82, 2.24) is 10.2 Å². The first kappa shape index (κ1) is 13.0. The molecule has 1 aliphatic rings. The van der Waals surface area contributed by atoms with Crippen LogP contribution in [0.25, 0.3) is 0 Å². The number of likely N-dealkylation sites (N-methyl/N-ethyl adjacent to an activating group) is 1. The molecule has 1 aliphatic carbocycles. The van der Waals surface area contributed by atoms with Crippen LogP contribution in [0.4, 0.5) is 8.78 Å². The Morgan fingerprint density at radius 3 is 2.72 bits per heavy atom. The van der Waals surface area contributed by atoms with Crippen molar-refractivity contribution in [3.63, 3.8) is 0 Å². The van der Waals surface area contributed by atoms with Crippen LogP contribution in [0.3, 0.4) is 0 Å². The molecule has 1 N–H and O–H groups in total. The summed E-state index contributed by atoms with van der Waals surface area (Å²) in [6.45, 7) is 0.563. The molecule has 0 spiro atoms. The third-order valence-electron chi connectivity index (χ3n) is 3.08. The minimum atomic E-state index is -0.865. The fraction of sp³-hybridized carbons (Fsp3) is 0.462. The lowest BCUT2D eigenvalue weighted by Gasteiger charge is -2.16. The lowest BCUT2D eigenvalue weighted by molar-refractivity contribution is -0.129. The molecular weight excluding hydrogens is 238 g/mol. The second kappa shape index (κ2) is 5.44. The molecule has 0 bridgehead atoms. The smallest absolute Gasteiger partial charge is 0.236 e. The van der Waals surface area contributed by atoms with Gasteiger partial charge in [-0.25, -0.2) is 8.78 Å². The van der Waals surface area contributed by atoms with Gasteiger partial charge in [0, 0.05) is 19.6 Å². The van der Waals surface area contributed by atoms with E-state index >= 15 is 0 Å². The number of halogens is 2. The molecule has 5 heteroatoms. The van der Waals surface area contributed by atoms with E-state index in [1.165, 1.54) is 6.07 Å². The molecular formula is C13H16F2N2O. The second-order valence-corrected chi connectivity index (χ2v) is 4.59. The monoisotopic (exact) mass is 254 g/mol. The van der Waals surface area contributed by atoms with Gasteiger partial charge in [-0.05, 0) is 30.5 Å². The first-order valence-electron chi connectivity index (χ1n) is 5.98. The number of hydrogen-bond donors (Lipinski definition) is 1. The molecule has 1 aromatic rings. The van der Waals surface area contributed by atoms with E-state index in [0.717, 1.165) is 25.0 Å². The second-order valence-electron chi connectivity index (χ2n) is 4.59. The zero-order chi connectivity index (χ0) is 13.1. The van der Waals surface area contributed by atoms with Crippen molar-refractivity contribution in [2.24, 2.45) is 0 Å². The molecule has 2 rings (SSSR count). The average Bonchev–Trinajstić information content (AvgIpc) is 3.16. The van der Waals surface area contributed by atoms with Crippen LogP contribution in [0.5, 0.6) is 0 Å². The molecule has 0 aliphatic heterocycles. The molecule has 0 radical (unpaired) electrons. The maximum absolute atomic E-state index is 12.9. The number of nitrogens with zero attached hydrogens (tertiary/aromatic N) is 1. The first-order valence-corrected chi connectivity index (χ1v) is 5.98. The van der Waals surface area contributed by atoms with Crippen LogP contribution in [0.15, 0.2) is 18.2 Å². The SMILES string of the molecule is CN(C(=O)CNCc1ccc(F)c(F)c1)C1CC1. The number of hydrogen-bond acceptors (Lipinski definition) is 2. The molecule has 0 atom stereocenters. The third kappa shape index (κ3) is 3.26. The van der Waals surface area contributed by atoms with Crippen molar-refractivity contribution in [1.29, 1.82) is 0 Å². The van der Waals surface area contributed by atoms with Gasteiger partial charge in [0.05, 0.1) is 6.54 Å². The van der Waals surface area contributed by atoms with Crippen molar-refractivity contribution in [2.45, 2.75) is 25.4 Å². The summed E-state index contributed by atoms with van der Waals surface area (Å²) in [6, 6.07) is 4.12. The quantitative estimate of drug-likeness (QED) is 0.867. The van der Waals surface area contributed by atoms with Crippen LogP contribution in [-0.4, -0.2) is 30.4 Å². The molecule has 0 saturated heterocycles. The zero-order valence-corrected chi connectivity index (χ0v) is 10.2. The first-order chi connectivity index (χ1) is 8.58. The van der Waals surface area contributed by atoms with Crippen molar-refractivity contribution in [3.05, 3.63) is 35.4 Å². The van der Waals surface area contributed by atoms with Gasteiger partial charge in [0.2, 0.25) is 5.91 Å². The topological polar surface area (TPSA) is 32.3 Å². The fourth-order valence-corrected chi connectivity index (χ4v) is 1.75. The minimum Gasteiger partial charge on any atom is -0.342 e. The predicted octanol–water partition coefficient (Wildman–Crippen LogP) is 1.68. The molecule has 18 heavy (non-hydrogen) atoms. The molecule has 0 unspecified atom stereocenters. The van der Waals surface area contributed by atoms with Gasteiger partial charge in [-0.3, -0.25) is 4.79 Å². The van der Waals surface area contributed by atoms with Crippen molar-refractivity contribution >= 4 is 5.91 Å². The summed E-state index contributed by atoms with van der Waals surface area (Å²) in [6.07, 6.45) is 2.15. The van der Waals surface area contributed by atoms with E-state index in [1.807, 2.05) is 0 Å². The number of rotatable bonds is 5. The largest absolute Gasteiger partial charge is 0.342 e. The highest BCUT2D eigenvalue weighted by Gasteiger charge is 2.28. The van der Waals surface area contributed by atoms with Gasteiger partial charge in [0.15, 0.2) is 11.6 Å². The maximum atomic E-state index is 12.9. The van der Waals surface area contributed by atoms with Crippen LogP contribution in [0.2, 0.25) is 0 Å². The Labute approximate surface area is 105 Å². The lowest BCUT2D eigenvalue weighted by Crippen LogP contribution is -2.36. The molecule has 1 fully saturated rings. The molecule has 1 amide bonds. The third-order valence-corrected chi connectivity index (χ3v) is 3.08. The Kier molecular flexibility index (Phi) is 3.91. The van der Waals surface area contributed by atoms with E-state index in [2.05, 4.69) is 5.32 Å². The van der Waals surface area contributed by atoms with E-state index in [9.17, 15) is 13.6 Å². The standard InChI is InChI=1S/C13H16F2N2O/c1-17(10-3-4-10)13(18)8-16-7-9-2-5-11(14)12(15)6-9/h2,5-6,10,16H,3-4,7-8H2,1H3. The fourth-order valence-electron chi connectivity index (χ4n) is 1.75. The highest BCUT2D eigenvalue weighted by molar-refractivity contribution is 5.78. The van der Waals surface area contributed by atoms with Gasteiger partial charge >= 0.3 is 0 Å². The molecule has 1 saturated carbocycles. The van der Waals surface area contributed by atoms with Crippen LogP contribution < -0.4 is 5.32 Å². The van der Waals surface area contributed by atoms with E-state index in [1.54, 1.807) is 11.9 Å². The van der Waals surface area contributed by atoms with Gasteiger partial charge in [0.25, 0.3) is 0 Å². The summed E-state index contributed by atoms with van der Waals surface area (Å²) in [5.41, 5.74) is 0.621. The van der Waals surface area contributed by atoms with Crippen molar-refractivity contribution in [2.75, 3.05) is 13.6 Å². The maximum Gasteiger partial charge on any atom is 0.236 e. The summed E-state index contributed by atoms with van der Waals surface area (Å²) in [5, 5.41) is 2.93. The molecule has 3 nitrogen and oxygen atoms in total. The number of carbonyl (C=O) groups excluding carboxylic acids is 1. The molecule has 98 valence electrons. The summed E-state index contributed by atoms with van der Waals surface area (Å²) in [5.74, 6) is -1.70. The highest BCUT2D eigenvalue weighted by Crippen LogP contribution is 2.25. The molecule has 0 heterocycles. The Balaban J connectivity index is 1.77. The number of nitrogens with one attached hydrogen (secondary N) is 1. The Bertz CT molecular complexity index is 447. The van der Waals surface area contributed by atoms with E-state index < -0.39 is 11.6 Å². The summed E-state index contributed by atoms with van der Waals surface area (Å²) in [4.78, 5) is 13.4. The Morgan fingerprint density at radius 1 is 1.39 bits per heavy atom. The van der Waals surface area contributed by atoms with Crippen molar-refractivity contribution < 1.29 is 13.6 Å². The van der Waals surface area contributed by atoms with Gasteiger partial charge in [-0.1, -0.05) is 6.07 Å². The van der Waals surface area contributed by atoms with Gasteiger partial charge in [-0.15, -0.1) is 0 Å². The molecule has 0 aromatic heterocycles. The molecule has 1 aromatic carbocycles. The number of carbonyl (C=O) groups is 1. The summed E-state index contributed by atoms with van der Waals surface area (Å²) >= 11 is 0. The van der Waals surface area contributed by atoms with Gasteiger partial charge < -0.3 is 10.2 Å². The summed E-state index contributed by atoms with van der Waals surface area (Å²) < 4.78 is 25.6. The number of amides is 1. The lowest BCUT2D eigenvalue weighted by atomic mass is 10.2. The van der Waals surface area contributed by atoms with Crippen LogP contribution in [-0.2, 0) is 11.3 Å². The van der Waals surface area contributed by atoms with Gasteiger partial charge in [-0.2, -0.15) is 0 Å². The highest BCUT2D eigenvalue weighted by atomic mass is 19.2. The van der Waals surface area contributed by atoms with E-state index in [4.69, 9.17) is 0 Å². The zero-order valence-electron chi connectivity index (χ0n) is 10.2. The summed E-state index contributed by atoms with van der Waals surface area (Å²) in [7, 11) is 1.79. The minimum absolute atomic E-state index is 0.0279. The van der Waals surface area contributed by atoms with E-state index in [-0.39, 0.29) is 12.5 Å². The number of benzene rings is 1. The normalized spacial score (nSPS) is 14.6. The Hall–Kier alpha value is -1.49. The van der Waals surface area contributed by atoms with Crippen LogP contribution in [0.1, 0.15) is 18.4 Å². The van der Waals surface area contributed by atoms with E-state index in [0.29, 0.717) is 18.2 Å². The Morgan fingerprint density at radius 2 is 2.11 bits per heavy atom. The van der Waals surface area contributed by atoms with Crippen molar-refractivity contribution in [3.8, 4) is 0 Å². The van der Waals surface area contributed by atoms with Gasteiger partial charge in [0.1, 0.15) is 0 Å². The predicted molar refractivity (Wildman–Crippen MR) is 63.9 cm³/mol.